The minimum Gasteiger partial charge on any atom is -0.435 e. The fourth-order valence-corrected chi connectivity index (χ4v) is 4.89. The Kier molecular flexibility index (Phi) is 6.96. The van der Waals surface area contributed by atoms with Gasteiger partial charge in [0.15, 0.2) is 10.7 Å². The molecule has 4 aromatic rings. The SMILES string of the molecule is O=C(NC(=S)Nc1ccc(-c2nc3cc(Cl)cc(Cl)c3o2)cc1)c1ccc(N2CCCC2)c([N+](=O)[O-])c1. The molecule has 188 valence electrons. The molecule has 0 atom stereocenters. The molecule has 12 heteroatoms. The zero-order valence-corrected chi connectivity index (χ0v) is 21.5. The van der Waals surface area contributed by atoms with E-state index < -0.39 is 10.8 Å². The summed E-state index contributed by atoms with van der Waals surface area (Å²) >= 11 is 17.5. The summed E-state index contributed by atoms with van der Waals surface area (Å²) in [6.07, 6.45) is 1.97. The van der Waals surface area contributed by atoms with Gasteiger partial charge in [0.25, 0.3) is 11.6 Å². The maximum atomic E-state index is 12.7. The minimum atomic E-state index is -0.549. The normalized spacial score (nSPS) is 13.1. The topological polar surface area (TPSA) is 114 Å². The number of hydrogen-bond donors (Lipinski definition) is 2. The van der Waals surface area contributed by atoms with Crippen LogP contribution in [0.1, 0.15) is 23.2 Å². The van der Waals surface area contributed by atoms with Gasteiger partial charge in [-0.15, -0.1) is 0 Å². The van der Waals surface area contributed by atoms with Gasteiger partial charge in [-0.2, -0.15) is 0 Å². The van der Waals surface area contributed by atoms with E-state index in [4.69, 9.17) is 39.8 Å². The summed E-state index contributed by atoms with van der Waals surface area (Å²) in [6.45, 7) is 1.52. The summed E-state index contributed by atoms with van der Waals surface area (Å²) in [5.41, 5.74) is 2.86. The van der Waals surface area contributed by atoms with Crippen LogP contribution in [0.15, 0.2) is 59.0 Å². The monoisotopic (exact) mass is 555 g/mol. The molecule has 9 nitrogen and oxygen atoms in total. The van der Waals surface area contributed by atoms with Crippen LogP contribution < -0.4 is 15.5 Å². The number of amides is 1. The summed E-state index contributed by atoms with van der Waals surface area (Å²) in [7, 11) is 0. The lowest BCUT2D eigenvalue weighted by atomic mass is 10.1. The van der Waals surface area contributed by atoms with E-state index in [1.165, 1.54) is 6.07 Å². The molecular weight excluding hydrogens is 537 g/mol. The van der Waals surface area contributed by atoms with Gasteiger partial charge < -0.3 is 14.6 Å². The first kappa shape index (κ1) is 24.9. The smallest absolute Gasteiger partial charge is 0.293 e. The number of nitrogens with one attached hydrogen (secondary N) is 2. The molecule has 2 heterocycles. The number of benzene rings is 3. The van der Waals surface area contributed by atoms with Gasteiger partial charge >= 0.3 is 0 Å². The molecule has 1 aliphatic heterocycles. The highest BCUT2D eigenvalue weighted by Crippen LogP contribution is 2.33. The van der Waals surface area contributed by atoms with Crippen molar-refractivity contribution >= 4 is 74.6 Å². The molecule has 0 aliphatic carbocycles. The van der Waals surface area contributed by atoms with Crippen LogP contribution in [-0.2, 0) is 0 Å². The predicted octanol–water partition coefficient (Wildman–Crippen LogP) is 6.44. The van der Waals surface area contributed by atoms with Crippen molar-refractivity contribution in [1.82, 2.24) is 10.3 Å². The Morgan fingerprint density at radius 3 is 2.51 bits per heavy atom. The number of hydrogen-bond acceptors (Lipinski definition) is 7. The van der Waals surface area contributed by atoms with Gasteiger partial charge in [0.2, 0.25) is 5.89 Å². The van der Waals surface area contributed by atoms with Crippen molar-refractivity contribution in [3.8, 4) is 11.5 Å². The predicted molar refractivity (Wildman–Crippen MR) is 148 cm³/mol. The molecule has 0 bridgehead atoms. The van der Waals surface area contributed by atoms with E-state index in [-0.39, 0.29) is 16.4 Å². The fourth-order valence-electron chi connectivity index (χ4n) is 4.15. The van der Waals surface area contributed by atoms with Crippen LogP contribution in [0.25, 0.3) is 22.6 Å². The molecule has 2 N–H and O–H groups in total. The number of nitro groups is 1. The highest BCUT2D eigenvalue weighted by molar-refractivity contribution is 7.80. The largest absolute Gasteiger partial charge is 0.435 e. The van der Waals surface area contributed by atoms with Gasteiger partial charge in [0.05, 0.1) is 9.95 Å². The van der Waals surface area contributed by atoms with E-state index in [2.05, 4.69) is 15.6 Å². The van der Waals surface area contributed by atoms with Crippen LogP contribution in [0.2, 0.25) is 10.0 Å². The van der Waals surface area contributed by atoms with Crippen LogP contribution >= 0.6 is 35.4 Å². The molecule has 37 heavy (non-hydrogen) atoms. The van der Waals surface area contributed by atoms with Crippen molar-refractivity contribution in [2.45, 2.75) is 12.8 Å². The van der Waals surface area contributed by atoms with Crippen molar-refractivity contribution < 1.29 is 14.1 Å². The summed E-state index contributed by atoms with van der Waals surface area (Å²) in [6, 6.07) is 14.7. The number of carbonyl (C=O) groups excluding carboxylic acids is 1. The summed E-state index contributed by atoms with van der Waals surface area (Å²) in [5, 5.41) is 18.0. The van der Waals surface area contributed by atoms with Gasteiger partial charge in [-0.25, -0.2) is 4.98 Å². The third-order valence-corrected chi connectivity index (χ3v) is 6.61. The van der Waals surface area contributed by atoms with Crippen LogP contribution in [0, 0.1) is 10.1 Å². The molecule has 1 amide bonds. The van der Waals surface area contributed by atoms with Gasteiger partial charge in [-0.1, -0.05) is 23.2 Å². The lowest BCUT2D eigenvalue weighted by Crippen LogP contribution is -2.34. The van der Waals surface area contributed by atoms with Crippen molar-refractivity contribution in [3.05, 3.63) is 80.3 Å². The second kappa shape index (κ2) is 10.3. The molecule has 5 rings (SSSR count). The van der Waals surface area contributed by atoms with E-state index in [9.17, 15) is 14.9 Å². The lowest BCUT2D eigenvalue weighted by Gasteiger charge is -2.18. The summed E-state index contributed by atoms with van der Waals surface area (Å²) < 4.78 is 5.77. The second-order valence-corrected chi connectivity index (χ2v) is 9.65. The highest BCUT2D eigenvalue weighted by atomic mass is 35.5. The number of oxazole rings is 1. The Balaban J connectivity index is 1.25. The van der Waals surface area contributed by atoms with E-state index in [0.29, 0.717) is 44.0 Å². The van der Waals surface area contributed by atoms with Crippen molar-refractivity contribution in [3.63, 3.8) is 0 Å². The van der Waals surface area contributed by atoms with Crippen LogP contribution in [0.3, 0.4) is 0 Å². The Labute approximate surface area is 226 Å². The van der Waals surface area contributed by atoms with E-state index in [1.54, 1.807) is 48.5 Å². The van der Waals surface area contributed by atoms with Gasteiger partial charge in [-0.05, 0) is 73.6 Å². The number of anilines is 2. The number of fused-ring (bicyclic) bond motifs is 1. The maximum Gasteiger partial charge on any atom is 0.293 e. The van der Waals surface area contributed by atoms with Crippen molar-refractivity contribution in [2.75, 3.05) is 23.3 Å². The fraction of sp³-hybridized carbons (Fsp3) is 0.160. The molecule has 0 saturated carbocycles. The van der Waals surface area contributed by atoms with Crippen molar-refractivity contribution in [2.24, 2.45) is 0 Å². The van der Waals surface area contributed by atoms with E-state index in [1.807, 2.05) is 4.90 Å². The number of nitro benzene ring substituents is 1. The first-order chi connectivity index (χ1) is 17.8. The molecule has 0 radical (unpaired) electrons. The molecular formula is C25H19Cl2N5O4S. The number of nitrogens with zero attached hydrogens (tertiary/aromatic N) is 3. The standard InChI is InChI=1S/C25H19Cl2N5O4S/c26-16-12-18(27)22-19(13-16)29-24(36-22)14-3-6-17(7-4-14)28-25(37)30-23(33)15-5-8-20(21(11-15)32(34)35)31-9-1-2-10-31/h3-8,11-13H,1-2,9-10H2,(H2,28,30,33,37). The second-order valence-electron chi connectivity index (χ2n) is 8.40. The third kappa shape index (κ3) is 5.36. The quantitative estimate of drug-likeness (QED) is 0.164. The van der Waals surface area contributed by atoms with Gasteiger partial charge in [0, 0.05) is 41.0 Å². The first-order valence-corrected chi connectivity index (χ1v) is 12.5. The van der Waals surface area contributed by atoms with Gasteiger partial charge in [0.1, 0.15) is 11.2 Å². The average molecular weight is 556 g/mol. The highest BCUT2D eigenvalue weighted by Gasteiger charge is 2.24. The number of carbonyl (C=O) groups is 1. The van der Waals surface area contributed by atoms with Crippen LogP contribution in [0.4, 0.5) is 17.1 Å². The Morgan fingerprint density at radius 1 is 1.08 bits per heavy atom. The summed E-state index contributed by atoms with van der Waals surface area (Å²) in [4.78, 5) is 30.2. The summed E-state index contributed by atoms with van der Waals surface area (Å²) in [5.74, 6) is -0.173. The first-order valence-electron chi connectivity index (χ1n) is 11.3. The molecule has 1 aliphatic rings. The molecule has 1 aromatic heterocycles. The number of rotatable bonds is 5. The van der Waals surface area contributed by atoms with E-state index >= 15 is 0 Å². The van der Waals surface area contributed by atoms with Crippen LogP contribution in [0.5, 0.6) is 0 Å². The number of halogens is 2. The van der Waals surface area contributed by atoms with E-state index in [0.717, 1.165) is 25.9 Å². The Bertz CT molecular complexity index is 1530. The number of thiocarbonyl (C=S) groups is 1. The third-order valence-electron chi connectivity index (χ3n) is 5.91. The Morgan fingerprint density at radius 2 is 1.81 bits per heavy atom. The molecule has 0 spiro atoms. The zero-order valence-electron chi connectivity index (χ0n) is 19.2. The molecule has 0 unspecified atom stereocenters. The average Bonchev–Trinajstić information content (AvgIpc) is 3.54. The number of aromatic nitrogens is 1. The minimum absolute atomic E-state index is 0.0484. The maximum absolute atomic E-state index is 12.7. The molecule has 3 aromatic carbocycles. The zero-order chi connectivity index (χ0) is 26.1. The lowest BCUT2D eigenvalue weighted by molar-refractivity contribution is -0.384. The van der Waals surface area contributed by atoms with Gasteiger partial charge in [-0.3, -0.25) is 20.2 Å². The molecule has 1 saturated heterocycles. The Hall–Kier alpha value is -3.73. The van der Waals surface area contributed by atoms with Crippen molar-refractivity contribution in [1.29, 1.82) is 0 Å². The molecule has 1 fully saturated rings. The van der Waals surface area contributed by atoms with Crippen LogP contribution in [-0.4, -0.2) is 34.0 Å².